The summed E-state index contributed by atoms with van der Waals surface area (Å²) in [6, 6.07) is 24.1. The van der Waals surface area contributed by atoms with E-state index in [0.717, 1.165) is 42.0 Å². The largest absolute Gasteiger partial charge is 0.347 e. The molecule has 6 nitrogen and oxygen atoms in total. The first kappa shape index (κ1) is 18.5. The van der Waals surface area contributed by atoms with E-state index in [-0.39, 0.29) is 11.9 Å². The molecule has 2 aromatic carbocycles. The summed E-state index contributed by atoms with van der Waals surface area (Å²) in [5.41, 5.74) is 4.85. The highest BCUT2D eigenvalue weighted by Crippen LogP contribution is 2.26. The van der Waals surface area contributed by atoms with Crippen LogP contribution in [0.2, 0.25) is 0 Å². The molecule has 0 radical (unpaired) electrons. The number of aromatic nitrogens is 3. The fraction of sp³-hybridized carbons (Fsp3) is 0.208. The van der Waals surface area contributed by atoms with Crippen LogP contribution in [-0.2, 0) is 0 Å². The monoisotopic (exact) mass is 397 g/mol. The van der Waals surface area contributed by atoms with Crippen LogP contribution in [0.3, 0.4) is 0 Å². The zero-order valence-electron chi connectivity index (χ0n) is 16.8. The molecule has 5 rings (SSSR count). The van der Waals surface area contributed by atoms with Crippen molar-refractivity contribution in [3.8, 4) is 22.5 Å². The van der Waals surface area contributed by atoms with E-state index in [2.05, 4.69) is 22.4 Å². The Morgan fingerprint density at radius 2 is 1.70 bits per heavy atom. The summed E-state index contributed by atoms with van der Waals surface area (Å²) in [5.74, 6) is -0.152. The molecule has 1 aliphatic rings. The van der Waals surface area contributed by atoms with Crippen LogP contribution in [0.15, 0.2) is 72.8 Å². The number of carbonyl (C=O) groups excluding carboxylic acids is 1. The molecule has 1 atom stereocenters. The zero-order chi connectivity index (χ0) is 20.5. The minimum Gasteiger partial charge on any atom is -0.347 e. The number of hydrogen-bond donors (Lipinski definition) is 1. The van der Waals surface area contributed by atoms with Gasteiger partial charge in [0.1, 0.15) is 0 Å². The molecule has 1 amide bonds. The van der Waals surface area contributed by atoms with Crippen molar-refractivity contribution in [2.45, 2.75) is 12.5 Å². The van der Waals surface area contributed by atoms with Gasteiger partial charge in [-0.3, -0.25) is 4.79 Å². The molecule has 150 valence electrons. The number of fused-ring (bicyclic) bond motifs is 1. The number of likely N-dealkylation sites (tertiary alicyclic amines) is 1. The van der Waals surface area contributed by atoms with Crippen LogP contribution in [-0.4, -0.2) is 51.6 Å². The fourth-order valence-corrected chi connectivity index (χ4v) is 3.97. The molecular formula is C24H23N5O. The van der Waals surface area contributed by atoms with Crippen molar-refractivity contribution in [3.05, 3.63) is 78.5 Å². The lowest BCUT2D eigenvalue weighted by molar-refractivity contribution is 0.0933. The second-order valence-corrected chi connectivity index (χ2v) is 7.78. The molecule has 0 saturated carbocycles. The number of rotatable bonds is 4. The first-order chi connectivity index (χ1) is 14.7. The summed E-state index contributed by atoms with van der Waals surface area (Å²) in [7, 11) is 2.07. The van der Waals surface area contributed by atoms with Gasteiger partial charge in [0.05, 0.1) is 11.4 Å². The number of hydrogen-bond acceptors (Lipinski definition) is 4. The summed E-state index contributed by atoms with van der Waals surface area (Å²) in [5, 5.41) is 7.72. The van der Waals surface area contributed by atoms with E-state index in [1.165, 1.54) is 0 Å². The van der Waals surface area contributed by atoms with Crippen LogP contribution < -0.4 is 5.32 Å². The van der Waals surface area contributed by atoms with Gasteiger partial charge in [-0.2, -0.15) is 5.10 Å². The zero-order valence-corrected chi connectivity index (χ0v) is 16.8. The number of benzene rings is 2. The summed E-state index contributed by atoms with van der Waals surface area (Å²) in [4.78, 5) is 19.9. The second kappa shape index (κ2) is 7.72. The van der Waals surface area contributed by atoms with Crippen molar-refractivity contribution in [1.29, 1.82) is 0 Å². The molecule has 1 unspecified atom stereocenters. The van der Waals surface area contributed by atoms with E-state index in [1.54, 1.807) is 10.6 Å². The topological polar surface area (TPSA) is 62.5 Å². The third-order valence-electron chi connectivity index (χ3n) is 5.53. The Kier molecular flexibility index (Phi) is 4.77. The summed E-state index contributed by atoms with van der Waals surface area (Å²) in [6.45, 7) is 1.86. The summed E-state index contributed by atoms with van der Waals surface area (Å²) < 4.78 is 1.76. The Morgan fingerprint density at radius 3 is 2.37 bits per heavy atom. The molecule has 30 heavy (non-hydrogen) atoms. The number of amides is 1. The average molecular weight is 397 g/mol. The van der Waals surface area contributed by atoms with Crippen molar-refractivity contribution in [2.24, 2.45) is 0 Å². The number of carbonyl (C=O) groups is 1. The molecule has 1 saturated heterocycles. The standard InChI is InChI=1S/C24H23N5O/c1-28-13-12-19(16-28)25-24(30)21-15-23-26-20(17-8-4-2-5-9-17)14-22(29(23)27-21)18-10-6-3-7-11-18/h2-11,14-15,19H,12-13,16H2,1H3,(H,25,30). The first-order valence-corrected chi connectivity index (χ1v) is 10.2. The second-order valence-electron chi connectivity index (χ2n) is 7.78. The maximum atomic E-state index is 12.8. The van der Waals surface area contributed by atoms with Gasteiger partial charge in [-0.15, -0.1) is 0 Å². The van der Waals surface area contributed by atoms with Crippen LogP contribution in [0.25, 0.3) is 28.2 Å². The van der Waals surface area contributed by atoms with E-state index < -0.39 is 0 Å². The van der Waals surface area contributed by atoms with Gasteiger partial charge in [-0.1, -0.05) is 60.7 Å². The van der Waals surface area contributed by atoms with Gasteiger partial charge in [-0.05, 0) is 26.1 Å². The first-order valence-electron chi connectivity index (χ1n) is 10.2. The molecule has 0 spiro atoms. The van der Waals surface area contributed by atoms with Crippen LogP contribution >= 0.6 is 0 Å². The van der Waals surface area contributed by atoms with Gasteiger partial charge in [0.2, 0.25) is 0 Å². The van der Waals surface area contributed by atoms with E-state index >= 15 is 0 Å². The molecule has 3 heterocycles. The maximum absolute atomic E-state index is 12.8. The highest BCUT2D eigenvalue weighted by atomic mass is 16.2. The van der Waals surface area contributed by atoms with Crippen molar-refractivity contribution in [3.63, 3.8) is 0 Å². The average Bonchev–Trinajstić information content (AvgIpc) is 3.40. The fourth-order valence-electron chi connectivity index (χ4n) is 3.97. The third-order valence-corrected chi connectivity index (χ3v) is 5.53. The normalized spacial score (nSPS) is 16.8. The van der Waals surface area contributed by atoms with E-state index in [4.69, 9.17) is 4.98 Å². The lowest BCUT2D eigenvalue weighted by atomic mass is 10.1. The van der Waals surface area contributed by atoms with Gasteiger partial charge in [0, 0.05) is 29.8 Å². The van der Waals surface area contributed by atoms with Gasteiger partial charge >= 0.3 is 0 Å². The van der Waals surface area contributed by atoms with Gasteiger partial charge in [-0.25, -0.2) is 9.50 Å². The van der Waals surface area contributed by atoms with Gasteiger partial charge in [0.25, 0.3) is 5.91 Å². The Bertz CT molecular complexity index is 1190. The molecule has 1 aliphatic heterocycles. The van der Waals surface area contributed by atoms with Crippen LogP contribution in [0.4, 0.5) is 0 Å². The maximum Gasteiger partial charge on any atom is 0.272 e. The minimum absolute atomic E-state index is 0.152. The minimum atomic E-state index is -0.152. The Balaban J connectivity index is 1.58. The van der Waals surface area contributed by atoms with Crippen LogP contribution in [0, 0.1) is 0 Å². The van der Waals surface area contributed by atoms with E-state index in [0.29, 0.717) is 11.3 Å². The molecule has 6 heteroatoms. The molecule has 1 N–H and O–H groups in total. The smallest absolute Gasteiger partial charge is 0.272 e. The molecule has 0 bridgehead atoms. The molecule has 1 fully saturated rings. The van der Waals surface area contributed by atoms with Crippen molar-refractivity contribution in [2.75, 3.05) is 20.1 Å². The lowest BCUT2D eigenvalue weighted by Gasteiger charge is -2.11. The van der Waals surface area contributed by atoms with Crippen molar-refractivity contribution >= 4 is 11.6 Å². The highest BCUT2D eigenvalue weighted by molar-refractivity contribution is 5.94. The predicted octanol–water partition coefficient (Wildman–Crippen LogP) is 3.50. The Morgan fingerprint density at radius 1 is 1.00 bits per heavy atom. The van der Waals surface area contributed by atoms with E-state index in [1.807, 2.05) is 66.7 Å². The quantitative estimate of drug-likeness (QED) is 0.573. The lowest BCUT2D eigenvalue weighted by Crippen LogP contribution is -2.36. The van der Waals surface area contributed by atoms with Crippen molar-refractivity contribution < 1.29 is 4.79 Å². The van der Waals surface area contributed by atoms with Gasteiger partial charge in [0.15, 0.2) is 11.3 Å². The molecule has 0 aliphatic carbocycles. The highest BCUT2D eigenvalue weighted by Gasteiger charge is 2.23. The number of nitrogens with one attached hydrogen (secondary N) is 1. The third kappa shape index (κ3) is 3.57. The SMILES string of the molecule is CN1CCC(NC(=O)c2cc3nc(-c4ccccc4)cc(-c4ccccc4)n3n2)C1. The molecule has 2 aromatic heterocycles. The van der Waals surface area contributed by atoms with Crippen molar-refractivity contribution in [1.82, 2.24) is 24.8 Å². The molecular weight excluding hydrogens is 374 g/mol. The van der Waals surface area contributed by atoms with E-state index in [9.17, 15) is 4.79 Å². The Hall–Kier alpha value is -3.51. The van der Waals surface area contributed by atoms with Crippen LogP contribution in [0.1, 0.15) is 16.9 Å². The van der Waals surface area contributed by atoms with Crippen LogP contribution in [0.5, 0.6) is 0 Å². The van der Waals surface area contributed by atoms with Gasteiger partial charge < -0.3 is 10.2 Å². The predicted molar refractivity (Wildman–Crippen MR) is 117 cm³/mol. The Labute approximate surface area is 175 Å². The number of nitrogens with zero attached hydrogens (tertiary/aromatic N) is 4. The molecule has 4 aromatic rings. The number of likely N-dealkylation sites (N-methyl/N-ethyl adjacent to an activating group) is 1. The summed E-state index contributed by atoms with van der Waals surface area (Å²) >= 11 is 0. The summed E-state index contributed by atoms with van der Waals surface area (Å²) in [6.07, 6.45) is 0.960.